The largest absolute Gasteiger partial charge is 0.465 e. The highest BCUT2D eigenvalue weighted by Crippen LogP contribution is 2.21. The zero-order valence-corrected chi connectivity index (χ0v) is 16.4. The van der Waals surface area contributed by atoms with Gasteiger partial charge in [0.15, 0.2) is 5.11 Å². The quantitative estimate of drug-likeness (QED) is 0.445. The molecule has 1 saturated heterocycles. The number of rotatable bonds is 6. The first-order valence-corrected chi connectivity index (χ1v) is 9.43. The second kappa shape index (κ2) is 9.94. The Balaban J connectivity index is 1.72. The van der Waals surface area contributed by atoms with Gasteiger partial charge < -0.3 is 20.3 Å². The van der Waals surface area contributed by atoms with Crippen LogP contribution in [0.25, 0.3) is 0 Å². The Bertz CT molecular complexity index is 604. The molecule has 25 heavy (non-hydrogen) atoms. The molecule has 2 rings (SSSR count). The Morgan fingerprint density at radius 3 is 2.80 bits per heavy atom. The molecule has 0 aromatic heterocycles. The summed E-state index contributed by atoms with van der Waals surface area (Å²) in [6.07, 6.45) is 3.64. The van der Waals surface area contributed by atoms with Crippen LogP contribution in [0.3, 0.4) is 0 Å². The summed E-state index contributed by atoms with van der Waals surface area (Å²) in [6, 6.07) is 5.06. The first kappa shape index (κ1) is 19.9. The van der Waals surface area contributed by atoms with E-state index < -0.39 is 5.97 Å². The number of carbonyl (C=O) groups excluding carboxylic acids is 1. The summed E-state index contributed by atoms with van der Waals surface area (Å²) in [7, 11) is 1.33. The van der Waals surface area contributed by atoms with Crippen LogP contribution in [0.2, 0.25) is 5.02 Å². The van der Waals surface area contributed by atoms with Gasteiger partial charge in [-0.2, -0.15) is 0 Å². The van der Waals surface area contributed by atoms with Gasteiger partial charge in [-0.3, -0.25) is 0 Å². The number of likely N-dealkylation sites (tertiary alicyclic amines) is 1. The fraction of sp³-hybridized carbons (Fsp3) is 0.556. The van der Waals surface area contributed by atoms with Crippen molar-refractivity contribution < 1.29 is 9.53 Å². The highest BCUT2D eigenvalue weighted by atomic mass is 35.5. The summed E-state index contributed by atoms with van der Waals surface area (Å²) >= 11 is 11.3. The Labute approximate surface area is 160 Å². The average Bonchev–Trinajstić information content (AvgIpc) is 2.61. The van der Waals surface area contributed by atoms with Gasteiger partial charge in [0.2, 0.25) is 0 Å². The fourth-order valence-corrected chi connectivity index (χ4v) is 3.25. The van der Waals surface area contributed by atoms with Crippen molar-refractivity contribution in [2.75, 3.05) is 38.6 Å². The number of benzene rings is 1. The van der Waals surface area contributed by atoms with Gasteiger partial charge in [-0.15, -0.1) is 0 Å². The number of methoxy groups -OCH3 is 1. The second-order valence-corrected chi connectivity index (χ2v) is 7.26. The highest BCUT2D eigenvalue weighted by molar-refractivity contribution is 7.80. The van der Waals surface area contributed by atoms with Gasteiger partial charge in [0.1, 0.15) is 0 Å². The smallest absolute Gasteiger partial charge is 0.339 e. The monoisotopic (exact) mass is 383 g/mol. The Kier molecular flexibility index (Phi) is 7.93. The minimum atomic E-state index is -0.469. The van der Waals surface area contributed by atoms with E-state index in [1.54, 1.807) is 18.2 Å². The number of piperidine rings is 1. The zero-order valence-electron chi connectivity index (χ0n) is 14.8. The fourth-order valence-electron chi connectivity index (χ4n) is 2.83. The first-order valence-electron chi connectivity index (χ1n) is 8.64. The molecular formula is C18H26ClN3O2S. The molecule has 5 nitrogen and oxygen atoms in total. The van der Waals surface area contributed by atoms with Gasteiger partial charge in [-0.05, 0) is 75.2 Å². The van der Waals surface area contributed by atoms with Crippen molar-refractivity contribution in [1.82, 2.24) is 10.2 Å². The van der Waals surface area contributed by atoms with E-state index in [2.05, 4.69) is 22.5 Å². The highest BCUT2D eigenvalue weighted by Gasteiger charge is 2.15. The predicted octanol–water partition coefficient (Wildman–Crippen LogP) is 3.54. The molecule has 1 aromatic rings. The molecule has 2 N–H and O–H groups in total. The molecular weight excluding hydrogens is 358 g/mol. The number of hydrogen-bond donors (Lipinski definition) is 2. The summed E-state index contributed by atoms with van der Waals surface area (Å²) in [4.78, 5) is 14.2. The van der Waals surface area contributed by atoms with Gasteiger partial charge in [-0.1, -0.05) is 18.5 Å². The van der Waals surface area contributed by atoms with Crippen molar-refractivity contribution in [3.8, 4) is 0 Å². The van der Waals surface area contributed by atoms with E-state index in [-0.39, 0.29) is 0 Å². The molecule has 7 heteroatoms. The molecule has 1 aromatic carbocycles. The molecule has 1 aliphatic heterocycles. The number of anilines is 1. The third-order valence-corrected chi connectivity index (χ3v) is 5.02. The van der Waals surface area contributed by atoms with Crippen LogP contribution in [0.15, 0.2) is 18.2 Å². The van der Waals surface area contributed by atoms with Crippen LogP contribution in [0, 0.1) is 5.92 Å². The first-order chi connectivity index (χ1) is 12.0. The minimum absolute atomic E-state index is 0.316. The predicted molar refractivity (Wildman–Crippen MR) is 106 cm³/mol. The summed E-state index contributed by atoms with van der Waals surface area (Å²) in [5.41, 5.74) is 1.02. The topological polar surface area (TPSA) is 53.6 Å². The Morgan fingerprint density at radius 1 is 1.40 bits per heavy atom. The maximum atomic E-state index is 11.7. The number of esters is 1. The van der Waals surface area contributed by atoms with E-state index in [0.29, 0.717) is 21.4 Å². The van der Waals surface area contributed by atoms with E-state index in [9.17, 15) is 4.79 Å². The van der Waals surface area contributed by atoms with Gasteiger partial charge in [0.05, 0.1) is 17.7 Å². The number of nitrogens with one attached hydrogen (secondary N) is 2. The van der Waals surface area contributed by atoms with Crippen molar-refractivity contribution in [1.29, 1.82) is 0 Å². The number of carbonyl (C=O) groups is 1. The standard InChI is InChI=1S/C18H26ClN3O2S/c1-13-6-10-22(11-7-13)9-3-8-20-18(25)21-14-4-5-16(19)15(12-14)17(23)24-2/h4-5,12-13H,3,6-11H2,1-2H3,(H2,20,21,25). The maximum absolute atomic E-state index is 11.7. The number of halogens is 1. The minimum Gasteiger partial charge on any atom is -0.465 e. The normalized spacial score (nSPS) is 15.6. The number of ether oxygens (including phenoxy) is 1. The molecule has 0 spiro atoms. The second-order valence-electron chi connectivity index (χ2n) is 6.44. The van der Waals surface area contributed by atoms with Gasteiger partial charge in [0, 0.05) is 12.2 Å². The van der Waals surface area contributed by atoms with Crippen LogP contribution in [0.5, 0.6) is 0 Å². The van der Waals surface area contributed by atoms with E-state index in [1.165, 1.54) is 33.0 Å². The van der Waals surface area contributed by atoms with Gasteiger partial charge in [-0.25, -0.2) is 4.79 Å². The summed E-state index contributed by atoms with van der Waals surface area (Å²) in [5, 5.41) is 7.16. The SMILES string of the molecule is COC(=O)c1cc(NC(=S)NCCCN2CCC(C)CC2)ccc1Cl. The van der Waals surface area contributed by atoms with E-state index in [0.717, 1.165) is 25.4 Å². The van der Waals surface area contributed by atoms with Crippen LogP contribution < -0.4 is 10.6 Å². The number of thiocarbonyl (C=S) groups is 1. The molecule has 1 heterocycles. The number of hydrogen-bond acceptors (Lipinski definition) is 4. The molecule has 0 atom stereocenters. The number of nitrogens with zero attached hydrogens (tertiary/aromatic N) is 1. The summed E-state index contributed by atoms with van der Waals surface area (Å²) < 4.78 is 4.72. The Morgan fingerprint density at radius 2 is 2.12 bits per heavy atom. The van der Waals surface area contributed by atoms with E-state index in [4.69, 9.17) is 28.6 Å². The maximum Gasteiger partial charge on any atom is 0.339 e. The Hall–Kier alpha value is -1.37. The lowest BCUT2D eigenvalue weighted by atomic mass is 9.99. The molecule has 1 aliphatic rings. The average molecular weight is 384 g/mol. The molecule has 0 saturated carbocycles. The molecule has 0 bridgehead atoms. The molecule has 0 unspecified atom stereocenters. The van der Waals surface area contributed by atoms with Crippen molar-refractivity contribution in [2.45, 2.75) is 26.2 Å². The third-order valence-electron chi connectivity index (χ3n) is 4.44. The lowest BCUT2D eigenvalue weighted by Crippen LogP contribution is -2.36. The summed E-state index contributed by atoms with van der Waals surface area (Å²) in [5.74, 6) is 0.392. The van der Waals surface area contributed by atoms with E-state index in [1.807, 2.05) is 0 Å². The van der Waals surface area contributed by atoms with Crippen molar-refractivity contribution in [3.05, 3.63) is 28.8 Å². The lowest BCUT2D eigenvalue weighted by molar-refractivity contribution is 0.0601. The van der Waals surface area contributed by atoms with Crippen molar-refractivity contribution in [3.63, 3.8) is 0 Å². The molecule has 138 valence electrons. The summed E-state index contributed by atoms with van der Waals surface area (Å²) in [6.45, 7) is 6.63. The van der Waals surface area contributed by atoms with Crippen LogP contribution in [0.4, 0.5) is 5.69 Å². The van der Waals surface area contributed by atoms with Crippen LogP contribution in [-0.4, -0.2) is 49.3 Å². The van der Waals surface area contributed by atoms with Crippen LogP contribution >= 0.6 is 23.8 Å². The molecule has 1 fully saturated rings. The molecule has 0 amide bonds. The van der Waals surface area contributed by atoms with Crippen LogP contribution in [0.1, 0.15) is 36.5 Å². The van der Waals surface area contributed by atoms with Gasteiger partial charge >= 0.3 is 5.97 Å². The third kappa shape index (κ3) is 6.45. The zero-order chi connectivity index (χ0) is 18.2. The van der Waals surface area contributed by atoms with E-state index >= 15 is 0 Å². The van der Waals surface area contributed by atoms with Crippen molar-refractivity contribution in [2.24, 2.45) is 5.92 Å². The van der Waals surface area contributed by atoms with Gasteiger partial charge in [0.25, 0.3) is 0 Å². The molecule has 0 aliphatic carbocycles. The van der Waals surface area contributed by atoms with Crippen LogP contribution in [-0.2, 0) is 4.74 Å². The van der Waals surface area contributed by atoms with Crippen molar-refractivity contribution >= 4 is 40.6 Å². The lowest BCUT2D eigenvalue weighted by Gasteiger charge is -2.30. The molecule has 0 radical (unpaired) electrons.